The van der Waals surface area contributed by atoms with Gasteiger partial charge in [-0.15, -0.1) is 0 Å². The Morgan fingerprint density at radius 3 is 2.59 bits per heavy atom. The van der Waals surface area contributed by atoms with Crippen LogP contribution in [0.2, 0.25) is 0 Å². The summed E-state index contributed by atoms with van der Waals surface area (Å²) in [5.41, 5.74) is 4.55. The van der Waals surface area contributed by atoms with Crippen molar-refractivity contribution in [1.82, 2.24) is 14.6 Å². The topological polar surface area (TPSA) is 68.5 Å². The smallest absolute Gasteiger partial charge is 0.259 e. The highest BCUT2D eigenvalue weighted by molar-refractivity contribution is 6.07. The predicted molar refractivity (Wildman–Crippen MR) is 114 cm³/mol. The van der Waals surface area contributed by atoms with Crippen LogP contribution in [0.4, 0.5) is 5.69 Å². The minimum Gasteiger partial charge on any atom is -0.496 e. The van der Waals surface area contributed by atoms with Crippen molar-refractivity contribution in [1.29, 1.82) is 0 Å². The van der Waals surface area contributed by atoms with Gasteiger partial charge in [0, 0.05) is 16.5 Å². The van der Waals surface area contributed by atoms with E-state index in [2.05, 4.69) is 17.4 Å². The third kappa shape index (κ3) is 2.77. The minimum atomic E-state index is -0.231. The van der Waals surface area contributed by atoms with Crippen molar-refractivity contribution < 1.29 is 9.53 Å². The van der Waals surface area contributed by atoms with Gasteiger partial charge >= 0.3 is 0 Å². The van der Waals surface area contributed by atoms with Gasteiger partial charge in [-0.05, 0) is 37.3 Å². The molecule has 5 rings (SSSR count). The van der Waals surface area contributed by atoms with Crippen LogP contribution in [-0.4, -0.2) is 27.6 Å². The van der Waals surface area contributed by atoms with Gasteiger partial charge in [0.15, 0.2) is 5.65 Å². The van der Waals surface area contributed by atoms with E-state index in [-0.39, 0.29) is 5.91 Å². The molecule has 3 aromatic carbocycles. The molecule has 2 aromatic heterocycles. The molecule has 29 heavy (non-hydrogen) atoms. The molecule has 0 saturated heterocycles. The number of carbonyl (C=O) groups is 1. The molecule has 0 unspecified atom stereocenters. The fraction of sp³-hybridized carbons (Fsp3) is 0.0870. The first-order chi connectivity index (χ1) is 14.2. The van der Waals surface area contributed by atoms with Crippen molar-refractivity contribution >= 4 is 39.0 Å². The second-order valence-electron chi connectivity index (χ2n) is 6.84. The fourth-order valence-corrected chi connectivity index (χ4v) is 3.65. The number of aromatic nitrogens is 3. The Morgan fingerprint density at radius 2 is 1.76 bits per heavy atom. The number of aryl methyl sites for hydroxylation is 1. The number of imidazole rings is 1. The van der Waals surface area contributed by atoms with Crippen LogP contribution in [0.5, 0.6) is 5.75 Å². The molecule has 0 atom stereocenters. The zero-order valence-electron chi connectivity index (χ0n) is 16.0. The molecule has 0 bridgehead atoms. The van der Waals surface area contributed by atoms with E-state index < -0.39 is 0 Å². The number of fused-ring (bicyclic) bond motifs is 5. The molecule has 2 heterocycles. The highest BCUT2D eigenvalue weighted by atomic mass is 16.5. The number of anilines is 1. The second-order valence-corrected chi connectivity index (χ2v) is 6.84. The molecule has 1 amide bonds. The zero-order valence-corrected chi connectivity index (χ0v) is 16.0. The molecule has 0 aliphatic heterocycles. The number of carbonyl (C=O) groups excluding carboxylic acids is 1. The Labute approximate surface area is 166 Å². The van der Waals surface area contributed by atoms with Crippen LogP contribution >= 0.6 is 0 Å². The standard InChI is InChI=1S/C23H18N4O2/c1-14-16-7-3-4-8-17(16)22-25-19-13-15(11-12-20(19)27(22)26-14)24-23(28)18-9-5-6-10-21(18)29-2/h3-13H,1-2H3,(H,24,28). The van der Waals surface area contributed by atoms with Crippen LogP contribution in [0.1, 0.15) is 16.1 Å². The number of para-hydroxylation sites is 1. The second kappa shape index (κ2) is 6.60. The van der Waals surface area contributed by atoms with Crippen molar-refractivity contribution in [2.24, 2.45) is 0 Å². The summed E-state index contributed by atoms with van der Waals surface area (Å²) < 4.78 is 7.14. The quantitative estimate of drug-likeness (QED) is 0.495. The number of hydrogen-bond donors (Lipinski definition) is 1. The largest absolute Gasteiger partial charge is 0.496 e. The lowest BCUT2D eigenvalue weighted by Gasteiger charge is -2.09. The van der Waals surface area contributed by atoms with Gasteiger partial charge in [-0.3, -0.25) is 4.79 Å². The average Bonchev–Trinajstić information content (AvgIpc) is 3.11. The van der Waals surface area contributed by atoms with Gasteiger partial charge in [0.05, 0.1) is 29.4 Å². The summed E-state index contributed by atoms with van der Waals surface area (Å²) in [4.78, 5) is 17.5. The molecule has 0 radical (unpaired) electrons. The number of hydrogen-bond acceptors (Lipinski definition) is 4. The molecule has 0 saturated carbocycles. The number of nitrogens with zero attached hydrogens (tertiary/aromatic N) is 3. The van der Waals surface area contributed by atoms with Crippen molar-refractivity contribution in [3.8, 4) is 5.75 Å². The van der Waals surface area contributed by atoms with Gasteiger partial charge in [-0.2, -0.15) is 5.10 Å². The van der Waals surface area contributed by atoms with Crippen LogP contribution in [0.25, 0.3) is 27.5 Å². The van der Waals surface area contributed by atoms with Crippen molar-refractivity contribution in [3.63, 3.8) is 0 Å². The van der Waals surface area contributed by atoms with Gasteiger partial charge in [0.25, 0.3) is 5.91 Å². The van der Waals surface area contributed by atoms with E-state index in [1.54, 1.807) is 19.2 Å². The van der Waals surface area contributed by atoms with Crippen LogP contribution in [0.3, 0.4) is 0 Å². The molecule has 0 aliphatic rings. The zero-order chi connectivity index (χ0) is 20.0. The van der Waals surface area contributed by atoms with E-state index in [0.717, 1.165) is 33.1 Å². The lowest BCUT2D eigenvalue weighted by molar-refractivity contribution is 0.102. The SMILES string of the molecule is COc1ccccc1C(=O)Nc1ccc2c(c1)nc1c3ccccc3c(C)nn21. The molecular formula is C23H18N4O2. The highest BCUT2D eigenvalue weighted by Crippen LogP contribution is 2.27. The maximum Gasteiger partial charge on any atom is 0.259 e. The van der Waals surface area contributed by atoms with Gasteiger partial charge in [-0.1, -0.05) is 36.4 Å². The maximum atomic E-state index is 12.7. The fourth-order valence-electron chi connectivity index (χ4n) is 3.65. The van der Waals surface area contributed by atoms with E-state index in [1.807, 2.05) is 53.9 Å². The molecule has 142 valence electrons. The monoisotopic (exact) mass is 382 g/mol. The Bertz CT molecular complexity index is 1400. The van der Waals surface area contributed by atoms with Crippen LogP contribution in [0.15, 0.2) is 66.7 Å². The minimum absolute atomic E-state index is 0.231. The number of ether oxygens (including phenoxy) is 1. The molecule has 1 N–H and O–H groups in total. The summed E-state index contributed by atoms with van der Waals surface area (Å²) in [6.07, 6.45) is 0. The summed E-state index contributed by atoms with van der Waals surface area (Å²) >= 11 is 0. The van der Waals surface area contributed by atoms with Gasteiger partial charge in [0.2, 0.25) is 0 Å². The number of nitrogens with one attached hydrogen (secondary N) is 1. The normalized spacial score (nSPS) is 11.2. The maximum absolute atomic E-state index is 12.7. The molecule has 0 spiro atoms. The van der Waals surface area contributed by atoms with E-state index in [4.69, 9.17) is 14.8 Å². The lowest BCUT2D eigenvalue weighted by Crippen LogP contribution is -2.13. The Hall–Kier alpha value is -3.93. The highest BCUT2D eigenvalue weighted by Gasteiger charge is 2.14. The third-order valence-corrected chi connectivity index (χ3v) is 5.05. The summed E-state index contributed by atoms with van der Waals surface area (Å²) in [6, 6.07) is 20.9. The molecule has 0 fully saturated rings. The molecule has 0 aliphatic carbocycles. The first kappa shape index (κ1) is 17.2. The molecule has 5 aromatic rings. The van der Waals surface area contributed by atoms with Crippen LogP contribution in [-0.2, 0) is 0 Å². The van der Waals surface area contributed by atoms with E-state index in [9.17, 15) is 4.79 Å². The predicted octanol–water partition coefficient (Wildman–Crippen LogP) is 4.61. The summed E-state index contributed by atoms with van der Waals surface area (Å²) in [5, 5.41) is 9.77. The van der Waals surface area contributed by atoms with E-state index in [1.165, 1.54) is 0 Å². The summed E-state index contributed by atoms with van der Waals surface area (Å²) in [6.45, 7) is 2.00. The van der Waals surface area contributed by atoms with Gasteiger partial charge in [-0.25, -0.2) is 9.50 Å². The van der Waals surface area contributed by atoms with Crippen LogP contribution in [0, 0.1) is 6.92 Å². The van der Waals surface area contributed by atoms with E-state index >= 15 is 0 Å². The average molecular weight is 382 g/mol. The van der Waals surface area contributed by atoms with Crippen molar-refractivity contribution in [3.05, 3.63) is 78.0 Å². The van der Waals surface area contributed by atoms with Crippen molar-refractivity contribution in [2.45, 2.75) is 6.92 Å². The first-order valence-corrected chi connectivity index (χ1v) is 9.28. The Balaban J connectivity index is 1.59. The number of rotatable bonds is 3. The van der Waals surface area contributed by atoms with Gasteiger partial charge < -0.3 is 10.1 Å². The van der Waals surface area contributed by atoms with E-state index in [0.29, 0.717) is 17.0 Å². The Morgan fingerprint density at radius 1 is 1.00 bits per heavy atom. The van der Waals surface area contributed by atoms with Crippen LogP contribution < -0.4 is 10.1 Å². The Kier molecular flexibility index (Phi) is 3.91. The lowest BCUT2D eigenvalue weighted by atomic mass is 10.1. The number of methoxy groups -OCH3 is 1. The van der Waals surface area contributed by atoms with Gasteiger partial charge in [0.1, 0.15) is 5.75 Å². The summed E-state index contributed by atoms with van der Waals surface area (Å²) in [7, 11) is 1.55. The number of benzene rings is 3. The third-order valence-electron chi connectivity index (χ3n) is 5.05. The van der Waals surface area contributed by atoms with Crippen molar-refractivity contribution in [2.75, 3.05) is 12.4 Å². The molecule has 6 nitrogen and oxygen atoms in total. The first-order valence-electron chi connectivity index (χ1n) is 9.28. The molecular weight excluding hydrogens is 364 g/mol. The number of amides is 1. The summed E-state index contributed by atoms with van der Waals surface area (Å²) in [5.74, 6) is 0.301. The molecule has 6 heteroatoms.